The molecular weight excluding hydrogens is 448 g/mol. The molecule has 0 aromatic heterocycles. The van der Waals surface area contributed by atoms with Gasteiger partial charge in [-0.15, -0.1) is 0 Å². The van der Waals surface area contributed by atoms with E-state index >= 15 is 0 Å². The molecule has 178 valence electrons. The van der Waals surface area contributed by atoms with Gasteiger partial charge in [0.1, 0.15) is 5.75 Å². The van der Waals surface area contributed by atoms with Crippen molar-refractivity contribution in [3.05, 3.63) is 130 Å². The van der Waals surface area contributed by atoms with Gasteiger partial charge in [0, 0.05) is 29.8 Å². The van der Waals surface area contributed by atoms with Gasteiger partial charge in [0.05, 0.1) is 15.9 Å². The van der Waals surface area contributed by atoms with Crippen LogP contribution in [0.2, 0.25) is 0 Å². The van der Waals surface area contributed by atoms with E-state index in [9.17, 15) is 15.2 Å². The van der Waals surface area contributed by atoms with Gasteiger partial charge in [0.25, 0.3) is 5.69 Å². The molecule has 0 saturated carbocycles. The molecule has 36 heavy (non-hydrogen) atoms. The Morgan fingerprint density at radius 1 is 0.861 bits per heavy atom. The molecule has 1 heterocycles. The fraction of sp³-hybridized carbons (Fsp3) is 0.129. The first-order valence-corrected chi connectivity index (χ1v) is 11.9. The number of hydrogen-bond donors (Lipinski definition) is 1. The summed E-state index contributed by atoms with van der Waals surface area (Å²) in [6, 6.07) is 31.1. The van der Waals surface area contributed by atoms with Gasteiger partial charge in [-0.2, -0.15) is 4.58 Å². The first kappa shape index (κ1) is 23.2. The lowest BCUT2D eigenvalue weighted by Crippen LogP contribution is -2.27. The summed E-state index contributed by atoms with van der Waals surface area (Å²) in [5.74, 6) is 0.0441. The van der Waals surface area contributed by atoms with E-state index in [0.29, 0.717) is 12.1 Å². The highest BCUT2D eigenvalue weighted by Crippen LogP contribution is 2.41. The Kier molecular flexibility index (Phi) is 5.98. The Labute approximate surface area is 210 Å². The van der Waals surface area contributed by atoms with Crippen LogP contribution >= 0.6 is 0 Å². The van der Waals surface area contributed by atoms with Gasteiger partial charge < -0.3 is 5.11 Å². The highest BCUT2D eigenvalue weighted by Gasteiger charge is 2.44. The Morgan fingerprint density at radius 2 is 1.53 bits per heavy atom. The Balaban J connectivity index is 1.54. The fourth-order valence-electron chi connectivity index (χ4n) is 4.89. The third-order valence-electron chi connectivity index (χ3n) is 6.85. The van der Waals surface area contributed by atoms with E-state index in [4.69, 9.17) is 0 Å². The van der Waals surface area contributed by atoms with Crippen LogP contribution in [0.25, 0.3) is 17.2 Å². The van der Waals surface area contributed by atoms with Crippen LogP contribution in [0.5, 0.6) is 5.75 Å². The molecule has 5 rings (SSSR count). The summed E-state index contributed by atoms with van der Waals surface area (Å²) in [6.45, 7) is 4.68. The molecule has 5 nitrogen and oxygen atoms in total. The topological polar surface area (TPSA) is 66.4 Å². The Morgan fingerprint density at radius 3 is 2.25 bits per heavy atom. The average molecular weight is 476 g/mol. The molecule has 0 amide bonds. The van der Waals surface area contributed by atoms with E-state index in [-0.39, 0.29) is 16.9 Å². The smallest absolute Gasteiger partial charge is 0.270 e. The number of phenols is 1. The van der Waals surface area contributed by atoms with Crippen LogP contribution < -0.4 is 0 Å². The highest BCUT2D eigenvalue weighted by molar-refractivity contribution is 6.05. The molecule has 4 aromatic rings. The molecular formula is C31H27N2O3+. The van der Waals surface area contributed by atoms with Crippen LogP contribution in [0.4, 0.5) is 11.4 Å². The van der Waals surface area contributed by atoms with Crippen LogP contribution in [-0.4, -0.2) is 20.3 Å². The normalized spacial score (nSPS) is 14.3. The Hall–Kier alpha value is -4.51. The number of phenolic OH excluding ortho intramolecular Hbond substituents is 1. The van der Waals surface area contributed by atoms with Crippen molar-refractivity contribution in [2.24, 2.45) is 0 Å². The number of nitro benzene ring substituents is 1. The minimum atomic E-state index is -0.436. The predicted octanol–water partition coefficient (Wildman–Crippen LogP) is 7.26. The lowest BCUT2D eigenvalue weighted by atomic mass is 9.81. The molecule has 0 saturated heterocycles. The van der Waals surface area contributed by atoms with E-state index in [1.807, 2.05) is 30.3 Å². The number of rotatable bonds is 6. The number of para-hydroxylation sites is 1. The van der Waals surface area contributed by atoms with E-state index in [1.54, 1.807) is 0 Å². The number of fused-ring (bicyclic) bond motifs is 1. The maximum absolute atomic E-state index is 11.3. The van der Waals surface area contributed by atoms with Crippen LogP contribution in [0.15, 0.2) is 103 Å². The molecule has 0 bridgehead atoms. The molecule has 0 atom stereocenters. The third-order valence-corrected chi connectivity index (χ3v) is 6.85. The van der Waals surface area contributed by atoms with Gasteiger partial charge in [-0.05, 0) is 42.7 Å². The number of aromatic hydroxyl groups is 1. The first-order chi connectivity index (χ1) is 17.3. The molecule has 4 aromatic carbocycles. The number of non-ortho nitro benzene ring substituents is 1. The molecule has 5 heteroatoms. The molecule has 0 spiro atoms. The van der Waals surface area contributed by atoms with Gasteiger partial charge in [0.2, 0.25) is 5.69 Å². The fourth-order valence-corrected chi connectivity index (χ4v) is 4.89. The van der Waals surface area contributed by atoms with Crippen molar-refractivity contribution in [1.82, 2.24) is 0 Å². The molecule has 1 aliphatic rings. The lowest BCUT2D eigenvalue weighted by Gasteiger charge is -2.15. The van der Waals surface area contributed by atoms with Crippen LogP contribution in [0.3, 0.4) is 0 Å². The number of allylic oxidation sites excluding steroid dienone is 1. The SMILES string of the molecule is CC1(C)C(/C=C/c2ccc(-c3ccccc3)cc2)=[N+](Cc2cc([N+](=O)[O-])ccc2O)c2ccccc21. The minimum absolute atomic E-state index is 0.0369. The quantitative estimate of drug-likeness (QED) is 0.181. The van der Waals surface area contributed by atoms with Crippen molar-refractivity contribution in [1.29, 1.82) is 0 Å². The summed E-state index contributed by atoms with van der Waals surface area (Å²) in [4.78, 5) is 10.9. The maximum atomic E-state index is 11.3. The second kappa shape index (κ2) is 9.27. The summed E-state index contributed by atoms with van der Waals surface area (Å²) in [6.07, 6.45) is 4.21. The van der Waals surface area contributed by atoms with Gasteiger partial charge in [-0.1, -0.05) is 72.8 Å². The molecule has 1 aliphatic heterocycles. The van der Waals surface area contributed by atoms with Crippen LogP contribution in [0, 0.1) is 10.1 Å². The second-order valence-corrected chi connectivity index (χ2v) is 9.51. The minimum Gasteiger partial charge on any atom is -0.507 e. The summed E-state index contributed by atoms with van der Waals surface area (Å²) in [7, 11) is 0. The molecule has 0 fully saturated rings. The number of nitro groups is 1. The van der Waals surface area contributed by atoms with E-state index in [0.717, 1.165) is 22.5 Å². The second-order valence-electron chi connectivity index (χ2n) is 9.51. The first-order valence-electron chi connectivity index (χ1n) is 11.9. The lowest BCUT2D eigenvalue weighted by molar-refractivity contribution is -0.455. The van der Waals surface area contributed by atoms with Gasteiger partial charge in [-0.25, -0.2) is 0 Å². The summed E-state index contributed by atoms with van der Waals surface area (Å²) < 4.78 is 2.14. The van der Waals surface area contributed by atoms with Crippen molar-refractivity contribution >= 4 is 23.2 Å². The largest absolute Gasteiger partial charge is 0.507 e. The molecule has 0 unspecified atom stereocenters. The van der Waals surface area contributed by atoms with Gasteiger partial charge in [-0.3, -0.25) is 10.1 Å². The van der Waals surface area contributed by atoms with Crippen molar-refractivity contribution in [2.75, 3.05) is 0 Å². The standard InChI is InChI=1S/C31H26N2O3/c1-31(2)27-10-6-7-11-28(27)32(21-25-20-26(33(35)36)17-18-29(25)34)30(31)19-14-22-12-15-24(16-13-22)23-8-4-3-5-9-23/h3-20H,21H2,1-2H3/p+1/b19-14+. The Bertz CT molecular complexity index is 1500. The number of benzene rings is 4. The van der Waals surface area contributed by atoms with Crippen molar-refractivity contribution < 1.29 is 14.6 Å². The molecule has 0 aliphatic carbocycles. The number of nitrogens with zero attached hydrogens (tertiary/aromatic N) is 2. The maximum Gasteiger partial charge on any atom is 0.270 e. The van der Waals surface area contributed by atoms with Crippen LogP contribution in [0.1, 0.15) is 30.5 Å². The zero-order valence-electron chi connectivity index (χ0n) is 20.3. The predicted molar refractivity (Wildman–Crippen MR) is 144 cm³/mol. The summed E-state index contributed by atoms with van der Waals surface area (Å²) in [5.41, 5.74) is 6.87. The van der Waals surface area contributed by atoms with Crippen molar-refractivity contribution in [3.63, 3.8) is 0 Å². The molecule has 1 N–H and O–H groups in total. The zero-order valence-corrected chi connectivity index (χ0v) is 20.3. The van der Waals surface area contributed by atoms with Crippen molar-refractivity contribution in [2.45, 2.75) is 25.8 Å². The highest BCUT2D eigenvalue weighted by atomic mass is 16.6. The van der Waals surface area contributed by atoms with Gasteiger partial charge in [0.15, 0.2) is 12.3 Å². The summed E-state index contributed by atoms with van der Waals surface area (Å²) >= 11 is 0. The third kappa shape index (κ3) is 4.31. The van der Waals surface area contributed by atoms with Gasteiger partial charge >= 0.3 is 0 Å². The average Bonchev–Trinajstić information content (AvgIpc) is 3.10. The molecule has 0 radical (unpaired) electrons. The number of hydrogen-bond acceptors (Lipinski definition) is 3. The van der Waals surface area contributed by atoms with E-state index in [2.05, 4.69) is 79.1 Å². The van der Waals surface area contributed by atoms with E-state index < -0.39 is 4.92 Å². The zero-order chi connectivity index (χ0) is 25.3. The van der Waals surface area contributed by atoms with Crippen LogP contribution in [-0.2, 0) is 12.0 Å². The summed E-state index contributed by atoms with van der Waals surface area (Å²) in [5, 5.41) is 21.8. The van der Waals surface area contributed by atoms with Crippen molar-refractivity contribution in [3.8, 4) is 16.9 Å². The monoisotopic (exact) mass is 475 g/mol. The van der Waals surface area contributed by atoms with E-state index in [1.165, 1.54) is 29.3 Å².